The summed E-state index contributed by atoms with van der Waals surface area (Å²) in [6, 6.07) is 9.97. The molecule has 0 spiro atoms. The molecular formula is C24H30N3O4+. The minimum atomic E-state index is -0.671. The number of hydrogen-bond donors (Lipinski definition) is 2. The highest BCUT2D eigenvalue weighted by molar-refractivity contribution is 6.46. The standard InChI is InChI=1S/C24H29N3O4/c1-4-15-31-19-8-5-7-18(16-19)21-20(22(28)17-9-11-25-12-10-17)23(29)24(30)27(21)14-6-13-26(2)3/h5,7-12,16,21,28H,4,6,13-15H2,1-3H3/p+1/b22-20-/t21-/m1/s1. The van der Waals surface area contributed by atoms with Crippen LogP contribution in [0, 0.1) is 0 Å². The third-order valence-corrected chi connectivity index (χ3v) is 5.22. The van der Waals surface area contributed by atoms with E-state index < -0.39 is 17.7 Å². The lowest BCUT2D eigenvalue weighted by molar-refractivity contribution is -0.858. The summed E-state index contributed by atoms with van der Waals surface area (Å²) in [5.74, 6) is -0.774. The first-order chi connectivity index (χ1) is 14.9. The number of rotatable bonds is 9. The number of quaternary nitrogens is 1. The minimum absolute atomic E-state index is 0.0982. The van der Waals surface area contributed by atoms with Crippen molar-refractivity contribution in [3.05, 3.63) is 65.5 Å². The zero-order chi connectivity index (χ0) is 22.4. The molecule has 0 aliphatic carbocycles. The fraction of sp³-hybridized carbons (Fsp3) is 0.375. The highest BCUT2D eigenvalue weighted by atomic mass is 16.5. The molecule has 2 N–H and O–H groups in total. The number of aromatic nitrogens is 1. The number of ketones is 1. The molecule has 164 valence electrons. The Kier molecular flexibility index (Phi) is 7.41. The van der Waals surface area contributed by atoms with Crippen molar-refractivity contribution in [2.75, 3.05) is 33.8 Å². The highest BCUT2D eigenvalue weighted by Crippen LogP contribution is 2.40. The molecule has 1 amide bonds. The van der Waals surface area contributed by atoms with E-state index in [1.54, 1.807) is 29.4 Å². The number of benzene rings is 1. The van der Waals surface area contributed by atoms with Crippen LogP contribution in [-0.2, 0) is 9.59 Å². The first kappa shape index (κ1) is 22.5. The number of likely N-dealkylation sites (tertiary alicyclic amines) is 1. The summed E-state index contributed by atoms with van der Waals surface area (Å²) >= 11 is 0. The summed E-state index contributed by atoms with van der Waals surface area (Å²) in [4.78, 5) is 32.7. The smallest absolute Gasteiger partial charge is 0.295 e. The summed E-state index contributed by atoms with van der Waals surface area (Å²) in [5, 5.41) is 11.0. The molecule has 1 atom stereocenters. The van der Waals surface area contributed by atoms with Gasteiger partial charge in [0.25, 0.3) is 11.7 Å². The van der Waals surface area contributed by atoms with Gasteiger partial charge in [-0.25, -0.2) is 0 Å². The summed E-state index contributed by atoms with van der Waals surface area (Å²) in [6.45, 7) is 3.89. The molecule has 0 bridgehead atoms. The molecule has 2 aromatic rings. The normalized spacial score (nSPS) is 18.1. The number of aliphatic hydroxyl groups excluding tert-OH is 1. The van der Waals surface area contributed by atoms with Crippen molar-refractivity contribution in [1.82, 2.24) is 9.88 Å². The molecule has 1 aromatic carbocycles. The van der Waals surface area contributed by atoms with Gasteiger partial charge in [0.05, 0.1) is 38.9 Å². The van der Waals surface area contributed by atoms with Crippen LogP contribution in [0.4, 0.5) is 0 Å². The molecule has 1 aromatic heterocycles. The molecule has 1 aliphatic rings. The lowest BCUT2D eigenvalue weighted by Gasteiger charge is -2.26. The van der Waals surface area contributed by atoms with Crippen LogP contribution in [0.1, 0.15) is 36.9 Å². The van der Waals surface area contributed by atoms with Crippen molar-refractivity contribution in [3.63, 3.8) is 0 Å². The van der Waals surface area contributed by atoms with Crippen molar-refractivity contribution >= 4 is 17.4 Å². The molecule has 7 heteroatoms. The van der Waals surface area contributed by atoms with Gasteiger partial charge in [-0.15, -0.1) is 0 Å². The Labute approximate surface area is 183 Å². The first-order valence-corrected chi connectivity index (χ1v) is 10.6. The van der Waals surface area contributed by atoms with Crippen LogP contribution in [0.15, 0.2) is 54.4 Å². The van der Waals surface area contributed by atoms with E-state index >= 15 is 0 Å². The number of pyridine rings is 1. The molecule has 0 unspecified atom stereocenters. The van der Waals surface area contributed by atoms with E-state index in [9.17, 15) is 14.7 Å². The Bertz CT molecular complexity index is 956. The topological polar surface area (TPSA) is 84.2 Å². The van der Waals surface area contributed by atoms with Gasteiger partial charge in [0.1, 0.15) is 11.5 Å². The van der Waals surface area contributed by atoms with Crippen LogP contribution in [0.2, 0.25) is 0 Å². The van der Waals surface area contributed by atoms with E-state index in [1.165, 1.54) is 4.90 Å². The molecule has 1 fully saturated rings. The number of aliphatic hydroxyl groups is 1. The van der Waals surface area contributed by atoms with Crippen LogP contribution in [0.5, 0.6) is 5.75 Å². The maximum absolute atomic E-state index is 13.0. The van der Waals surface area contributed by atoms with Crippen molar-refractivity contribution in [2.45, 2.75) is 25.8 Å². The van der Waals surface area contributed by atoms with E-state index in [0.29, 0.717) is 24.5 Å². The predicted molar refractivity (Wildman–Crippen MR) is 118 cm³/mol. The average molecular weight is 425 g/mol. The van der Waals surface area contributed by atoms with Gasteiger partial charge < -0.3 is 19.6 Å². The van der Waals surface area contributed by atoms with Crippen LogP contribution in [-0.4, -0.2) is 60.5 Å². The fourth-order valence-electron chi connectivity index (χ4n) is 3.72. The second kappa shape index (κ2) is 10.2. The lowest BCUT2D eigenvalue weighted by Crippen LogP contribution is -3.05. The maximum atomic E-state index is 13.0. The van der Waals surface area contributed by atoms with Crippen molar-refractivity contribution in [3.8, 4) is 5.75 Å². The summed E-state index contributed by atoms with van der Waals surface area (Å²) < 4.78 is 5.76. The van der Waals surface area contributed by atoms with E-state index in [1.807, 2.05) is 45.3 Å². The SMILES string of the molecule is CCCOc1cccc([C@@H]2/C(=C(/O)c3ccncc3)C(=O)C(=O)N2CCC[NH+](C)C)c1. The number of carbonyl (C=O) groups excluding carboxylic acids is 2. The Morgan fingerprint density at radius 2 is 1.94 bits per heavy atom. The van der Waals surface area contributed by atoms with Gasteiger partial charge in [0.2, 0.25) is 0 Å². The number of hydrogen-bond acceptors (Lipinski definition) is 5. The quantitative estimate of drug-likeness (QED) is 0.365. The van der Waals surface area contributed by atoms with Crippen LogP contribution < -0.4 is 9.64 Å². The lowest BCUT2D eigenvalue weighted by atomic mass is 9.95. The van der Waals surface area contributed by atoms with Gasteiger partial charge in [-0.3, -0.25) is 14.6 Å². The highest BCUT2D eigenvalue weighted by Gasteiger charge is 2.46. The second-order valence-corrected chi connectivity index (χ2v) is 7.96. The summed E-state index contributed by atoms with van der Waals surface area (Å²) in [7, 11) is 4.09. The van der Waals surface area contributed by atoms with Crippen molar-refractivity contribution in [1.29, 1.82) is 0 Å². The zero-order valence-electron chi connectivity index (χ0n) is 18.3. The van der Waals surface area contributed by atoms with Gasteiger partial charge in [0.15, 0.2) is 0 Å². The molecule has 2 heterocycles. The predicted octanol–water partition coefficient (Wildman–Crippen LogP) is 1.83. The van der Waals surface area contributed by atoms with E-state index in [4.69, 9.17) is 4.74 Å². The van der Waals surface area contributed by atoms with E-state index in [-0.39, 0.29) is 11.3 Å². The van der Waals surface area contributed by atoms with Gasteiger partial charge in [-0.2, -0.15) is 0 Å². The number of Topliss-reactive ketones (excluding diaryl/α,β-unsaturated/α-hetero) is 1. The largest absolute Gasteiger partial charge is 0.507 e. The second-order valence-electron chi connectivity index (χ2n) is 7.96. The van der Waals surface area contributed by atoms with Gasteiger partial charge in [0, 0.05) is 30.9 Å². The Morgan fingerprint density at radius 3 is 2.61 bits per heavy atom. The number of nitrogens with one attached hydrogen (secondary N) is 1. The first-order valence-electron chi connectivity index (χ1n) is 10.6. The van der Waals surface area contributed by atoms with Crippen molar-refractivity contribution in [2.24, 2.45) is 0 Å². The molecular weight excluding hydrogens is 394 g/mol. The van der Waals surface area contributed by atoms with Gasteiger partial charge in [-0.05, 0) is 36.2 Å². The Balaban J connectivity index is 2.06. The fourth-order valence-corrected chi connectivity index (χ4v) is 3.72. The van der Waals surface area contributed by atoms with Gasteiger partial charge >= 0.3 is 0 Å². The number of carbonyl (C=O) groups is 2. The van der Waals surface area contributed by atoms with E-state index in [0.717, 1.165) is 24.9 Å². The Hall–Kier alpha value is -3.19. The molecule has 1 aliphatic heterocycles. The third-order valence-electron chi connectivity index (χ3n) is 5.22. The number of amides is 1. The molecule has 0 saturated carbocycles. The van der Waals surface area contributed by atoms with E-state index in [2.05, 4.69) is 4.98 Å². The molecule has 1 saturated heterocycles. The zero-order valence-corrected chi connectivity index (χ0v) is 18.3. The summed E-state index contributed by atoms with van der Waals surface area (Å²) in [6.07, 6.45) is 4.70. The average Bonchev–Trinajstić information content (AvgIpc) is 3.03. The van der Waals surface area contributed by atoms with Crippen LogP contribution >= 0.6 is 0 Å². The monoisotopic (exact) mass is 424 g/mol. The Morgan fingerprint density at radius 1 is 1.19 bits per heavy atom. The van der Waals surface area contributed by atoms with Crippen LogP contribution in [0.3, 0.4) is 0 Å². The molecule has 0 radical (unpaired) electrons. The maximum Gasteiger partial charge on any atom is 0.295 e. The number of nitrogens with zero attached hydrogens (tertiary/aromatic N) is 2. The third kappa shape index (κ3) is 5.11. The van der Waals surface area contributed by atoms with Crippen LogP contribution in [0.25, 0.3) is 5.76 Å². The summed E-state index contributed by atoms with van der Waals surface area (Å²) in [5.41, 5.74) is 1.29. The molecule has 7 nitrogen and oxygen atoms in total. The van der Waals surface area contributed by atoms with Crippen molar-refractivity contribution < 1.29 is 24.3 Å². The molecule has 3 rings (SSSR count). The number of ether oxygens (including phenoxy) is 1. The molecule has 31 heavy (non-hydrogen) atoms. The minimum Gasteiger partial charge on any atom is -0.507 e. The van der Waals surface area contributed by atoms with Gasteiger partial charge in [-0.1, -0.05) is 19.1 Å².